The van der Waals surface area contributed by atoms with Gasteiger partial charge in [-0.05, 0) is 23.8 Å². The molecule has 0 fully saturated rings. The fourth-order valence-corrected chi connectivity index (χ4v) is 1.90. The van der Waals surface area contributed by atoms with Gasteiger partial charge in [-0.3, -0.25) is 4.79 Å². The van der Waals surface area contributed by atoms with E-state index < -0.39 is 17.5 Å². The third kappa shape index (κ3) is 3.43. The highest BCUT2D eigenvalue weighted by molar-refractivity contribution is 6.32. The molecule has 0 saturated heterocycles. The number of benzene rings is 1. The molecule has 1 N–H and O–H groups in total. The number of hydrogen-bond acceptors (Lipinski definition) is 2. The van der Waals surface area contributed by atoms with E-state index in [4.69, 9.17) is 23.2 Å². The Balaban J connectivity index is 2.08. The van der Waals surface area contributed by atoms with Crippen LogP contribution in [0.2, 0.25) is 10.2 Å². The molecule has 0 radical (unpaired) electrons. The van der Waals surface area contributed by atoms with Crippen LogP contribution >= 0.6 is 23.2 Å². The van der Waals surface area contributed by atoms with Crippen molar-refractivity contribution in [3.05, 3.63) is 63.4 Å². The molecule has 20 heavy (non-hydrogen) atoms. The fourth-order valence-electron chi connectivity index (χ4n) is 1.51. The topological polar surface area (TPSA) is 42.0 Å². The Hall–Kier alpha value is -1.72. The van der Waals surface area contributed by atoms with Crippen molar-refractivity contribution < 1.29 is 13.6 Å². The van der Waals surface area contributed by atoms with Crippen molar-refractivity contribution in [1.29, 1.82) is 0 Å². The van der Waals surface area contributed by atoms with Gasteiger partial charge in [0.1, 0.15) is 16.8 Å². The first kappa shape index (κ1) is 14.7. The van der Waals surface area contributed by atoms with Crippen LogP contribution in [0.15, 0.2) is 30.5 Å². The Kier molecular flexibility index (Phi) is 4.52. The number of nitrogens with zero attached hydrogens (tertiary/aromatic N) is 1. The highest BCUT2D eigenvalue weighted by atomic mass is 35.5. The molecule has 0 saturated carbocycles. The summed E-state index contributed by atoms with van der Waals surface area (Å²) in [7, 11) is 0. The molecule has 1 amide bonds. The zero-order valence-corrected chi connectivity index (χ0v) is 11.5. The van der Waals surface area contributed by atoms with Gasteiger partial charge in [-0.15, -0.1) is 0 Å². The van der Waals surface area contributed by atoms with E-state index in [-0.39, 0.29) is 22.3 Å². The van der Waals surface area contributed by atoms with Crippen molar-refractivity contribution in [1.82, 2.24) is 10.3 Å². The van der Waals surface area contributed by atoms with Crippen molar-refractivity contribution >= 4 is 29.1 Å². The largest absolute Gasteiger partial charge is 0.348 e. The summed E-state index contributed by atoms with van der Waals surface area (Å²) in [5, 5.41) is 2.38. The smallest absolute Gasteiger partial charge is 0.254 e. The molecule has 0 atom stereocenters. The van der Waals surface area contributed by atoms with Crippen LogP contribution in [0.25, 0.3) is 0 Å². The number of carbonyl (C=O) groups excluding carboxylic acids is 1. The summed E-state index contributed by atoms with van der Waals surface area (Å²) >= 11 is 11.3. The maximum Gasteiger partial charge on any atom is 0.254 e. The van der Waals surface area contributed by atoms with Crippen molar-refractivity contribution in [2.75, 3.05) is 0 Å². The van der Waals surface area contributed by atoms with Gasteiger partial charge in [0.15, 0.2) is 0 Å². The summed E-state index contributed by atoms with van der Waals surface area (Å²) in [6.07, 6.45) is 0.916. The predicted molar refractivity (Wildman–Crippen MR) is 71.8 cm³/mol. The molecular formula is C13H8Cl2F2N2O. The number of nitrogens with one attached hydrogen (secondary N) is 1. The van der Waals surface area contributed by atoms with E-state index in [0.717, 1.165) is 12.3 Å². The third-order valence-corrected chi connectivity index (χ3v) is 3.08. The second-order valence-corrected chi connectivity index (χ2v) is 4.69. The summed E-state index contributed by atoms with van der Waals surface area (Å²) in [4.78, 5) is 15.4. The number of aromatic nitrogens is 1. The molecule has 0 bridgehead atoms. The van der Waals surface area contributed by atoms with E-state index in [9.17, 15) is 13.6 Å². The highest BCUT2D eigenvalue weighted by Crippen LogP contribution is 2.17. The lowest BCUT2D eigenvalue weighted by atomic mass is 10.2. The summed E-state index contributed by atoms with van der Waals surface area (Å²) in [6.45, 7) is 0.103. The van der Waals surface area contributed by atoms with Crippen molar-refractivity contribution in [3.8, 4) is 0 Å². The van der Waals surface area contributed by atoms with Gasteiger partial charge in [0.2, 0.25) is 0 Å². The zero-order chi connectivity index (χ0) is 14.7. The Morgan fingerprint density at radius 1 is 1.25 bits per heavy atom. The molecule has 1 heterocycles. The molecule has 7 heteroatoms. The first-order valence-electron chi connectivity index (χ1n) is 5.50. The molecule has 0 aliphatic rings. The molecule has 1 aromatic heterocycles. The van der Waals surface area contributed by atoms with Crippen molar-refractivity contribution in [3.63, 3.8) is 0 Å². The molecule has 2 rings (SSSR count). The minimum absolute atomic E-state index is 0.0396. The van der Waals surface area contributed by atoms with Gasteiger partial charge in [0.05, 0.1) is 16.8 Å². The van der Waals surface area contributed by atoms with Gasteiger partial charge in [-0.1, -0.05) is 29.3 Å². The minimum atomic E-state index is -0.663. The van der Waals surface area contributed by atoms with E-state index in [2.05, 4.69) is 10.3 Å². The maximum absolute atomic E-state index is 13.0. The van der Waals surface area contributed by atoms with Crippen molar-refractivity contribution in [2.45, 2.75) is 6.54 Å². The fraction of sp³-hybridized carbons (Fsp3) is 0.0769. The highest BCUT2D eigenvalue weighted by Gasteiger charge is 2.12. The minimum Gasteiger partial charge on any atom is -0.348 e. The standard InChI is InChI=1S/C13H8Cl2F2N2O/c14-10-3-7(1-2-11(10)17)5-19-13(20)9-4-8(16)6-18-12(9)15/h1-4,6H,5H2,(H,19,20). The molecule has 0 aliphatic heterocycles. The van der Waals surface area contributed by atoms with E-state index in [1.54, 1.807) is 0 Å². The molecule has 2 aromatic rings. The van der Waals surface area contributed by atoms with Crippen LogP contribution in [0, 0.1) is 11.6 Å². The number of carbonyl (C=O) groups is 1. The zero-order valence-electron chi connectivity index (χ0n) is 9.96. The molecule has 0 spiro atoms. The van der Waals surface area contributed by atoms with Gasteiger partial charge < -0.3 is 5.32 Å². The van der Waals surface area contributed by atoms with E-state index in [0.29, 0.717) is 5.56 Å². The number of rotatable bonds is 3. The van der Waals surface area contributed by atoms with Gasteiger partial charge in [-0.2, -0.15) is 0 Å². The SMILES string of the molecule is O=C(NCc1ccc(F)c(Cl)c1)c1cc(F)cnc1Cl. The van der Waals surface area contributed by atoms with Crippen LogP contribution in [0.3, 0.4) is 0 Å². The van der Waals surface area contributed by atoms with Crippen LogP contribution < -0.4 is 5.32 Å². The number of pyridine rings is 1. The molecule has 104 valence electrons. The number of amides is 1. The molecule has 3 nitrogen and oxygen atoms in total. The average molecular weight is 317 g/mol. The monoisotopic (exact) mass is 316 g/mol. The van der Waals surface area contributed by atoms with Crippen LogP contribution in [-0.2, 0) is 6.54 Å². The van der Waals surface area contributed by atoms with Crippen LogP contribution in [0.4, 0.5) is 8.78 Å². The Labute approximate surface area is 123 Å². The number of halogens is 4. The Bertz CT molecular complexity index is 665. The second kappa shape index (κ2) is 6.15. The molecule has 0 aliphatic carbocycles. The number of hydrogen-bond donors (Lipinski definition) is 1. The van der Waals surface area contributed by atoms with E-state index in [1.807, 2.05) is 0 Å². The first-order valence-corrected chi connectivity index (χ1v) is 6.26. The van der Waals surface area contributed by atoms with Gasteiger partial charge in [0.25, 0.3) is 5.91 Å². The van der Waals surface area contributed by atoms with Gasteiger partial charge in [-0.25, -0.2) is 13.8 Å². The lowest BCUT2D eigenvalue weighted by Gasteiger charge is -2.07. The van der Waals surface area contributed by atoms with Crippen LogP contribution in [0.5, 0.6) is 0 Å². The van der Waals surface area contributed by atoms with Gasteiger partial charge in [0, 0.05) is 6.54 Å². The van der Waals surface area contributed by atoms with Gasteiger partial charge >= 0.3 is 0 Å². The average Bonchev–Trinajstić information content (AvgIpc) is 2.42. The van der Waals surface area contributed by atoms with E-state index >= 15 is 0 Å². The summed E-state index contributed by atoms with van der Waals surface area (Å²) in [6, 6.07) is 5.05. The van der Waals surface area contributed by atoms with Crippen molar-refractivity contribution in [2.24, 2.45) is 0 Å². The lowest BCUT2D eigenvalue weighted by Crippen LogP contribution is -2.23. The summed E-state index contributed by atoms with van der Waals surface area (Å²) < 4.78 is 26.0. The Morgan fingerprint density at radius 3 is 2.70 bits per heavy atom. The maximum atomic E-state index is 13.0. The molecule has 1 aromatic carbocycles. The Morgan fingerprint density at radius 2 is 2.00 bits per heavy atom. The van der Waals surface area contributed by atoms with Crippen LogP contribution in [-0.4, -0.2) is 10.9 Å². The quantitative estimate of drug-likeness (QED) is 0.879. The summed E-state index contributed by atoms with van der Waals surface area (Å²) in [5.74, 6) is -1.79. The lowest BCUT2D eigenvalue weighted by molar-refractivity contribution is 0.0950. The predicted octanol–water partition coefficient (Wildman–Crippen LogP) is 3.60. The molecule has 0 unspecified atom stereocenters. The van der Waals surface area contributed by atoms with Crippen LogP contribution in [0.1, 0.15) is 15.9 Å². The first-order chi connectivity index (χ1) is 9.47. The normalized spacial score (nSPS) is 10.4. The second-order valence-electron chi connectivity index (χ2n) is 3.92. The third-order valence-electron chi connectivity index (χ3n) is 2.49. The summed E-state index contributed by atoms with van der Waals surface area (Å²) in [5.41, 5.74) is 0.533. The molecular weight excluding hydrogens is 309 g/mol. The van der Waals surface area contributed by atoms with E-state index in [1.165, 1.54) is 18.2 Å².